The molecular formula is C16H26N2OS. The Kier molecular flexibility index (Phi) is 4.18. The maximum atomic E-state index is 5.48. The van der Waals surface area contributed by atoms with E-state index in [1.165, 1.54) is 43.0 Å². The maximum Gasteiger partial charge on any atom is 0.0509 e. The van der Waals surface area contributed by atoms with Gasteiger partial charge < -0.3 is 9.64 Å². The normalized spacial score (nSPS) is 31.6. The lowest BCUT2D eigenvalue weighted by atomic mass is 9.78. The fraction of sp³-hybridized carbons (Fsp3) is 0.750. The van der Waals surface area contributed by atoms with Gasteiger partial charge in [-0.15, -0.1) is 11.3 Å². The van der Waals surface area contributed by atoms with Crippen molar-refractivity contribution in [3.05, 3.63) is 21.9 Å². The lowest BCUT2D eigenvalue weighted by molar-refractivity contribution is 0.0959. The smallest absolute Gasteiger partial charge is 0.0509 e. The number of aryl methyl sites for hydroxylation is 1. The number of methoxy groups -OCH3 is 1. The number of ether oxygens (including phenoxy) is 1. The van der Waals surface area contributed by atoms with Gasteiger partial charge in [0.15, 0.2) is 0 Å². The third kappa shape index (κ3) is 2.67. The van der Waals surface area contributed by atoms with Crippen molar-refractivity contribution in [2.75, 3.05) is 46.9 Å². The van der Waals surface area contributed by atoms with Gasteiger partial charge in [-0.25, -0.2) is 0 Å². The van der Waals surface area contributed by atoms with Crippen molar-refractivity contribution < 1.29 is 4.74 Å². The van der Waals surface area contributed by atoms with Gasteiger partial charge >= 0.3 is 0 Å². The van der Waals surface area contributed by atoms with E-state index in [0.717, 1.165) is 13.2 Å². The molecular weight excluding hydrogens is 268 g/mol. The van der Waals surface area contributed by atoms with E-state index in [1.54, 1.807) is 0 Å². The quantitative estimate of drug-likeness (QED) is 0.848. The first-order valence-electron chi connectivity index (χ1n) is 7.56. The first kappa shape index (κ1) is 14.5. The summed E-state index contributed by atoms with van der Waals surface area (Å²) in [6.07, 6.45) is 1.33. The van der Waals surface area contributed by atoms with Crippen LogP contribution in [0.1, 0.15) is 16.9 Å². The van der Waals surface area contributed by atoms with Crippen LogP contribution in [0.5, 0.6) is 0 Å². The summed E-state index contributed by atoms with van der Waals surface area (Å²) in [4.78, 5) is 6.68. The molecule has 2 saturated heterocycles. The minimum absolute atomic E-state index is 0.468. The Hall–Kier alpha value is -0.420. The van der Waals surface area contributed by atoms with Crippen LogP contribution in [0.25, 0.3) is 0 Å². The Bertz CT molecular complexity index is 461. The first-order chi connectivity index (χ1) is 9.63. The van der Waals surface area contributed by atoms with Gasteiger partial charge in [-0.1, -0.05) is 0 Å². The summed E-state index contributed by atoms with van der Waals surface area (Å²) in [5.74, 6) is 0.701. The summed E-state index contributed by atoms with van der Waals surface area (Å²) in [5, 5.41) is 2.22. The van der Waals surface area contributed by atoms with Crippen molar-refractivity contribution in [1.82, 2.24) is 9.80 Å². The van der Waals surface area contributed by atoms with Gasteiger partial charge in [-0.2, -0.15) is 0 Å². The average molecular weight is 294 g/mol. The summed E-state index contributed by atoms with van der Waals surface area (Å²) in [6, 6.07) is 2.24. The van der Waals surface area contributed by atoms with Crippen LogP contribution >= 0.6 is 11.3 Å². The molecule has 0 aliphatic carbocycles. The topological polar surface area (TPSA) is 15.7 Å². The van der Waals surface area contributed by atoms with Crippen LogP contribution in [-0.2, 0) is 11.3 Å². The van der Waals surface area contributed by atoms with E-state index in [9.17, 15) is 0 Å². The lowest BCUT2D eigenvalue weighted by Crippen LogP contribution is -2.35. The predicted octanol–water partition coefficient (Wildman–Crippen LogP) is 2.46. The molecule has 1 spiro atoms. The van der Waals surface area contributed by atoms with Gasteiger partial charge in [0.05, 0.1) is 6.61 Å². The second-order valence-corrected chi connectivity index (χ2v) is 7.70. The van der Waals surface area contributed by atoms with Crippen molar-refractivity contribution in [3.63, 3.8) is 0 Å². The standard InChI is InChI=1S/C16H26N2OS/c1-13-4-7-20-15(13)9-18-6-5-16(12-18)11-17(2)8-14(16)10-19-3/h4,7,14H,5-6,8-12H2,1-3H3/t14-,16-/m0/s1. The highest BCUT2D eigenvalue weighted by atomic mass is 32.1. The molecule has 0 amide bonds. The van der Waals surface area contributed by atoms with Gasteiger partial charge in [0.1, 0.15) is 0 Å². The monoisotopic (exact) mass is 294 g/mol. The summed E-state index contributed by atoms with van der Waals surface area (Å²) < 4.78 is 5.48. The van der Waals surface area contributed by atoms with E-state index < -0.39 is 0 Å². The minimum atomic E-state index is 0.468. The van der Waals surface area contributed by atoms with Gasteiger partial charge in [-0.3, -0.25) is 4.90 Å². The molecule has 1 aromatic heterocycles. The molecule has 0 saturated carbocycles. The van der Waals surface area contributed by atoms with Crippen molar-refractivity contribution >= 4 is 11.3 Å². The fourth-order valence-corrected chi connectivity index (χ4v) is 5.03. The maximum absolute atomic E-state index is 5.48. The molecule has 2 aliphatic rings. The molecule has 1 aromatic rings. The van der Waals surface area contributed by atoms with E-state index in [1.807, 2.05) is 18.4 Å². The Balaban J connectivity index is 1.67. The number of nitrogens with zero attached hydrogens (tertiary/aromatic N) is 2. The number of hydrogen-bond acceptors (Lipinski definition) is 4. The molecule has 4 heteroatoms. The number of thiophene rings is 1. The molecule has 2 aliphatic heterocycles. The molecule has 0 bridgehead atoms. The summed E-state index contributed by atoms with van der Waals surface area (Å²) in [5.41, 5.74) is 1.92. The molecule has 20 heavy (non-hydrogen) atoms. The predicted molar refractivity (Wildman–Crippen MR) is 84.2 cm³/mol. The van der Waals surface area contributed by atoms with Crippen LogP contribution in [0.15, 0.2) is 11.4 Å². The molecule has 0 radical (unpaired) electrons. The van der Waals surface area contributed by atoms with E-state index in [2.05, 4.69) is 35.2 Å². The van der Waals surface area contributed by atoms with Crippen molar-refractivity contribution in [3.8, 4) is 0 Å². The largest absolute Gasteiger partial charge is 0.384 e. The van der Waals surface area contributed by atoms with Crippen LogP contribution in [-0.4, -0.2) is 56.7 Å². The zero-order valence-electron chi connectivity index (χ0n) is 12.9. The third-order valence-electron chi connectivity index (χ3n) is 5.15. The fourth-order valence-electron chi connectivity index (χ4n) is 4.08. The second-order valence-electron chi connectivity index (χ2n) is 6.70. The van der Waals surface area contributed by atoms with Gasteiger partial charge in [0, 0.05) is 49.5 Å². The van der Waals surface area contributed by atoms with E-state index >= 15 is 0 Å². The van der Waals surface area contributed by atoms with Crippen LogP contribution in [0.2, 0.25) is 0 Å². The Morgan fingerprint density at radius 2 is 2.30 bits per heavy atom. The van der Waals surface area contributed by atoms with Crippen LogP contribution in [0.3, 0.4) is 0 Å². The molecule has 3 heterocycles. The third-order valence-corrected chi connectivity index (χ3v) is 6.16. The van der Waals surface area contributed by atoms with Gasteiger partial charge in [0.25, 0.3) is 0 Å². The van der Waals surface area contributed by atoms with Gasteiger partial charge in [-0.05, 0) is 43.9 Å². The zero-order valence-corrected chi connectivity index (χ0v) is 13.7. The summed E-state index contributed by atoms with van der Waals surface area (Å²) in [7, 11) is 4.09. The Labute approximate surface area is 126 Å². The summed E-state index contributed by atoms with van der Waals surface area (Å²) in [6.45, 7) is 9.19. The molecule has 0 unspecified atom stereocenters. The minimum Gasteiger partial charge on any atom is -0.384 e. The highest BCUT2D eigenvalue weighted by Gasteiger charge is 2.49. The van der Waals surface area contributed by atoms with Crippen LogP contribution < -0.4 is 0 Å². The number of hydrogen-bond donors (Lipinski definition) is 0. The van der Waals surface area contributed by atoms with Crippen LogP contribution in [0.4, 0.5) is 0 Å². The number of rotatable bonds is 4. The lowest BCUT2D eigenvalue weighted by Gasteiger charge is -2.30. The second kappa shape index (κ2) is 5.76. The van der Waals surface area contributed by atoms with Gasteiger partial charge in [0.2, 0.25) is 0 Å². The highest BCUT2D eigenvalue weighted by Crippen LogP contribution is 2.44. The van der Waals surface area contributed by atoms with E-state index in [-0.39, 0.29) is 0 Å². The zero-order chi connectivity index (χ0) is 14.2. The molecule has 0 aromatic carbocycles. The molecule has 112 valence electrons. The Morgan fingerprint density at radius 1 is 1.45 bits per heavy atom. The Morgan fingerprint density at radius 3 is 3.00 bits per heavy atom. The van der Waals surface area contributed by atoms with Crippen molar-refractivity contribution in [2.45, 2.75) is 19.9 Å². The first-order valence-corrected chi connectivity index (χ1v) is 8.44. The summed E-state index contributed by atoms with van der Waals surface area (Å²) >= 11 is 1.90. The molecule has 2 fully saturated rings. The average Bonchev–Trinajstić information content (AvgIpc) is 3.05. The SMILES string of the molecule is COC[C@@H]1CN(C)C[C@]12CCN(Cc1sccc1C)C2. The van der Waals surface area contributed by atoms with Crippen molar-refractivity contribution in [2.24, 2.45) is 11.3 Å². The number of likely N-dealkylation sites (tertiary alicyclic amines) is 2. The van der Waals surface area contributed by atoms with E-state index in [0.29, 0.717) is 11.3 Å². The molecule has 3 rings (SSSR count). The molecule has 0 N–H and O–H groups in total. The molecule has 3 nitrogen and oxygen atoms in total. The van der Waals surface area contributed by atoms with Crippen LogP contribution in [0, 0.1) is 18.3 Å². The van der Waals surface area contributed by atoms with Crippen molar-refractivity contribution in [1.29, 1.82) is 0 Å². The highest BCUT2D eigenvalue weighted by molar-refractivity contribution is 7.10. The van der Waals surface area contributed by atoms with E-state index in [4.69, 9.17) is 4.74 Å². The molecule has 2 atom stereocenters.